The molecule has 0 saturated carbocycles. The van der Waals surface area contributed by atoms with Crippen LogP contribution in [0.3, 0.4) is 0 Å². The van der Waals surface area contributed by atoms with Crippen molar-refractivity contribution in [3.63, 3.8) is 0 Å². The van der Waals surface area contributed by atoms with Gasteiger partial charge in [-0.2, -0.15) is 18.3 Å². The van der Waals surface area contributed by atoms with Gasteiger partial charge in [0.1, 0.15) is 5.69 Å². The molecule has 1 saturated heterocycles. The molecule has 2 aromatic carbocycles. The molecule has 1 aliphatic heterocycles. The molecule has 8 nitrogen and oxygen atoms in total. The Morgan fingerprint density at radius 3 is 2.28 bits per heavy atom. The molecule has 11 heteroatoms. The Morgan fingerprint density at radius 1 is 1.03 bits per heavy atom. The summed E-state index contributed by atoms with van der Waals surface area (Å²) < 4.78 is 40.4. The van der Waals surface area contributed by atoms with E-state index in [1.54, 1.807) is 57.2 Å². The monoisotopic (exact) mass is 445 g/mol. The maximum absolute atomic E-state index is 12.9. The number of hydrogen-bond donors (Lipinski definition) is 0. The van der Waals surface area contributed by atoms with E-state index in [0.29, 0.717) is 11.6 Å². The summed E-state index contributed by atoms with van der Waals surface area (Å²) in [5.74, 6) is -0.182. The summed E-state index contributed by atoms with van der Waals surface area (Å²) in [4.78, 5) is 26.6. The minimum atomic E-state index is -4.67. The van der Waals surface area contributed by atoms with Gasteiger partial charge < -0.3 is 9.80 Å². The van der Waals surface area contributed by atoms with Gasteiger partial charge in [0.2, 0.25) is 0 Å². The molecule has 1 aromatic heterocycles. The zero-order valence-electron chi connectivity index (χ0n) is 16.7. The Labute approximate surface area is 180 Å². The van der Waals surface area contributed by atoms with Crippen LogP contribution in [0.15, 0.2) is 60.9 Å². The molecular formula is C21H18F3N5O3. The van der Waals surface area contributed by atoms with Crippen LogP contribution >= 0.6 is 0 Å². The van der Waals surface area contributed by atoms with Gasteiger partial charge in [-0.05, 0) is 42.5 Å². The largest absolute Gasteiger partial charge is 0.416 e. The van der Waals surface area contributed by atoms with Crippen molar-refractivity contribution in [1.29, 1.82) is 0 Å². The SMILES string of the molecule is O=C(c1ccc(-n2cccn2)cc1)N1CCN(c2ccc(C(F)(F)F)cc2[N+](=O)[O-])CC1. The highest BCUT2D eigenvalue weighted by atomic mass is 19.4. The molecular weight excluding hydrogens is 427 g/mol. The van der Waals surface area contributed by atoms with Crippen molar-refractivity contribution < 1.29 is 22.9 Å². The van der Waals surface area contributed by atoms with Crippen LogP contribution in [0.5, 0.6) is 0 Å². The highest BCUT2D eigenvalue weighted by molar-refractivity contribution is 5.94. The number of carbonyl (C=O) groups excluding carboxylic acids is 1. The van der Waals surface area contributed by atoms with E-state index >= 15 is 0 Å². The van der Waals surface area contributed by atoms with Crippen molar-refractivity contribution in [3.05, 3.63) is 82.2 Å². The standard InChI is InChI=1S/C21H18F3N5O3/c22-21(23,24)16-4-7-18(19(14-16)29(31)32)26-10-12-27(13-11-26)20(30)15-2-5-17(6-3-15)28-9-1-8-25-28/h1-9,14H,10-13H2. The van der Waals surface area contributed by atoms with E-state index in [0.717, 1.165) is 17.8 Å². The van der Waals surface area contributed by atoms with Crippen LogP contribution in [0.2, 0.25) is 0 Å². The van der Waals surface area contributed by atoms with Crippen molar-refractivity contribution in [2.24, 2.45) is 0 Å². The van der Waals surface area contributed by atoms with E-state index in [1.807, 2.05) is 0 Å². The van der Waals surface area contributed by atoms with Crippen molar-refractivity contribution in [1.82, 2.24) is 14.7 Å². The lowest BCUT2D eigenvalue weighted by Gasteiger charge is -2.36. The second-order valence-corrected chi connectivity index (χ2v) is 7.24. The molecule has 1 amide bonds. The van der Waals surface area contributed by atoms with Crippen LogP contribution in [0.4, 0.5) is 24.5 Å². The Balaban J connectivity index is 1.45. The predicted octanol–water partition coefficient (Wildman–Crippen LogP) is 3.76. The fourth-order valence-corrected chi connectivity index (χ4v) is 3.62. The number of hydrogen-bond acceptors (Lipinski definition) is 5. The van der Waals surface area contributed by atoms with Crippen LogP contribution < -0.4 is 4.90 Å². The molecule has 0 unspecified atom stereocenters. The summed E-state index contributed by atoms with van der Waals surface area (Å²) in [5, 5.41) is 15.5. The van der Waals surface area contributed by atoms with Crippen LogP contribution in [0, 0.1) is 10.1 Å². The van der Waals surface area contributed by atoms with Crippen LogP contribution in [-0.2, 0) is 6.18 Å². The van der Waals surface area contributed by atoms with Gasteiger partial charge in [-0.3, -0.25) is 14.9 Å². The third-order valence-corrected chi connectivity index (χ3v) is 5.29. The lowest BCUT2D eigenvalue weighted by Crippen LogP contribution is -2.49. The minimum absolute atomic E-state index is 0.110. The van der Waals surface area contributed by atoms with Crippen molar-refractivity contribution in [2.75, 3.05) is 31.1 Å². The van der Waals surface area contributed by atoms with Crippen LogP contribution in [0.1, 0.15) is 15.9 Å². The number of nitro groups is 1. The Hall–Kier alpha value is -3.89. The maximum Gasteiger partial charge on any atom is 0.416 e. The first-order valence-electron chi connectivity index (χ1n) is 9.74. The van der Waals surface area contributed by atoms with Gasteiger partial charge in [-0.25, -0.2) is 4.68 Å². The lowest BCUT2D eigenvalue weighted by atomic mass is 10.1. The van der Waals surface area contributed by atoms with E-state index in [4.69, 9.17) is 0 Å². The molecule has 32 heavy (non-hydrogen) atoms. The molecule has 2 heterocycles. The molecule has 166 valence electrons. The van der Waals surface area contributed by atoms with Crippen LogP contribution in [0.25, 0.3) is 5.69 Å². The number of anilines is 1. The normalized spacial score (nSPS) is 14.5. The van der Waals surface area contributed by atoms with E-state index in [-0.39, 0.29) is 37.8 Å². The molecule has 0 bridgehead atoms. The highest BCUT2D eigenvalue weighted by Crippen LogP contribution is 2.36. The number of nitrogens with zero attached hydrogens (tertiary/aromatic N) is 5. The number of halogens is 3. The topological polar surface area (TPSA) is 84.5 Å². The van der Waals surface area contributed by atoms with Gasteiger partial charge in [0.25, 0.3) is 11.6 Å². The van der Waals surface area contributed by atoms with Crippen molar-refractivity contribution >= 4 is 17.3 Å². The number of nitro benzene ring substituents is 1. The first kappa shape index (κ1) is 21.3. The number of amides is 1. The van der Waals surface area contributed by atoms with E-state index in [1.165, 1.54) is 0 Å². The molecule has 0 radical (unpaired) electrons. The summed E-state index contributed by atoms with van der Waals surface area (Å²) in [6.45, 7) is 1.11. The number of aromatic nitrogens is 2. The first-order chi connectivity index (χ1) is 15.2. The average Bonchev–Trinajstić information content (AvgIpc) is 3.33. The minimum Gasteiger partial charge on any atom is -0.362 e. The number of rotatable bonds is 4. The second-order valence-electron chi connectivity index (χ2n) is 7.24. The smallest absolute Gasteiger partial charge is 0.362 e. The molecule has 3 aromatic rings. The number of alkyl halides is 3. The van der Waals surface area contributed by atoms with Gasteiger partial charge in [-0.15, -0.1) is 0 Å². The summed E-state index contributed by atoms with van der Waals surface area (Å²) in [6.07, 6.45) is -1.22. The quantitative estimate of drug-likeness (QED) is 0.451. The van der Waals surface area contributed by atoms with Gasteiger partial charge in [-0.1, -0.05) is 0 Å². The van der Waals surface area contributed by atoms with E-state index < -0.39 is 22.4 Å². The summed E-state index contributed by atoms with van der Waals surface area (Å²) in [6, 6.07) is 11.3. The third kappa shape index (κ3) is 4.27. The van der Waals surface area contributed by atoms with Gasteiger partial charge >= 0.3 is 6.18 Å². The molecule has 0 aliphatic carbocycles. The second kappa shape index (κ2) is 8.33. The average molecular weight is 445 g/mol. The molecule has 4 rings (SSSR count). The lowest BCUT2D eigenvalue weighted by molar-refractivity contribution is -0.384. The molecule has 0 spiro atoms. The zero-order chi connectivity index (χ0) is 22.9. The fourth-order valence-electron chi connectivity index (χ4n) is 3.62. The number of benzene rings is 2. The highest BCUT2D eigenvalue weighted by Gasteiger charge is 2.34. The van der Waals surface area contributed by atoms with E-state index in [9.17, 15) is 28.1 Å². The molecule has 0 N–H and O–H groups in total. The molecule has 1 fully saturated rings. The third-order valence-electron chi connectivity index (χ3n) is 5.29. The Morgan fingerprint density at radius 2 is 1.72 bits per heavy atom. The fraction of sp³-hybridized carbons (Fsp3) is 0.238. The van der Waals surface area contributed by atoms with Crippen LogP contribution in [-0.4, -0.2) is 51.7 Å². The van der Waals surface area contributed by atoms with Gasteiger partial charge in [0, 0.05) is 50.2 Å². The summed E-state index contributed by atoms with van der Waals surface area (Å²) in [5.41, 5.74) is -0.256. The predicted molar refractivity (Wildman–Crippen MR) is 110 cm³/mol. The van der Waals surface area contributed by atoms with Gasteiger partial charge in [0.05, 0.1) is 16.2 Å². The van der Waals surface area contributed by atoms with Crippen molar-refractivity contribution in [2.45, 2.75) is 6.18 Å². The van der Waals surface area contributed by atoms with E-state index in [2.05, 4.69) is 5.10 Å². The number of piperazine rings is 1. The summed E-state index contributed by atoms with van der Waals surface area (Å²) in [7, 11) is 0. The first-order valence-corrected chi connectivity index (χ1v) is 9.74. The summed E-state index contributed by atoms with van der Waals surface area (Å²) >= 11 is 0. The van der Waals surface area contributed by atoms with Gasteiger partial charge in [0.15, 0.2) is 0 Å². The molecule has 0 atom stereocenters. The maximum atomic E-state index is 12.9. The zero-order valence-corrected chi connectivity index (χ0v) is 16.7. The Bertz CT molecular complexity index is 1120. The van der Waals surface area contributed by atoms with Crippen molar-refractivity contribution in [3.8, 4) is 5.69 Å². The number of carbonyl (C=O) groups is 1. The Kier molecular flexibility index (Phi) is 5.56. The molecule has 1 aliphatic rings.